The van der Waals surface area contributed by atoms with Crippen molar-refractivity contribution in [3.8, 4) is 0 Å². The molecule has 0 heterocycles. The highest BCUT2D eigenvalue weighted by Gasteiger charge is 2.19. The molecule has 0 saturated carbocycles. The van der Waals surface area contributed by atoms with Crippen LogP contribution in [0.15, 0.2) is 53.6 Å². The molecule has 0 saturated heterocycles. The van der Waals surface area contributed by atoms with E-state index in [1.165, 1.54) is 5.56 Å². The maximum absolute atomic E-state index is 13.5. The van der Waals surface area contributed by atoms with Crippen molar-refractivity contribution in [1.29, 1.82) is 0 Å². The highest BCUT2D eigenvalue weighted by molar-refractivity contribution is 5.32. The van der Waals surface area contributed by atoms with Crippen molar-refractivity contribution in [2.75, 3.05) is 6.54 Å². The molecule has 0 fully saturated rings. The zero-order chi connectivity index (χ0) is 16.8. The third-order valence-corrected chi connectivity index (χ3v) is 4.48. The SMILES string of the molecule is CC1=CC(C(O)CCN(Cc2ccccc2)C(C)C)=CCC1F. The average Bonchev–Trinajstić information content (AvgIpc) is 2.54. The third kappa shape index (κ3) is 5.29. The first-order valence-electron chi connectivity index (χ1n) is 8.45. The minimum Gasteiger partial charge on any atom is -0.388 e. The largest absolute Gasteiger partial charge is 0.388 e. The fourth-order valence-corrected chi connectivity index (χ4v) is 2.86. The first kappa shape index (κ1) is 17.9. The number of alkyl halides is 1. The van der Waals surface area contributed by atoms with E-state index in [1.807, 2.05) is 12.1 Å². The molecule has 23 heavy (non-hydrogen) atoms. The Kier molecular flexibility index (Phi) is 6.55. The number of rotatable bonds is 7. The molecule has 1 N–H and O–H groups in total. The summed E-state index contributed by atoms with van der Waals surface area (Å²) in [6, 6.07) is 10.8. The second kappa shape index (κ2) is 8.42. The summed E-state index contributed by atoms with van der Waals surface area (Å²) in [4.78, 5) is 2.36. The molecule has 0 aliphatic heterocycles. The van der Waals surface area contributed by atoms with Gasteiger partial charge in [0, 0.05) is 25.6 Å². The Morgan fingerprint density at radius 3 is 2.57 bits per heavy atom. The van der Waals surface area contributed by atoms with Crippen LogP contribution in [0.3, 0.4) is 0 Å². The average molecular weight is 317 g/mol. The van der Waals surface area contributed by atoms with E-state index in [0.29, 0.717) is 24.5 Å². The lowest BCUT2D eigenvalue weighted by atomic mass is 9.94. The Bertz CT molecular complexity index is 550. The zero-order valence-corrected chi connectivity index (χ0v) is 14.4. The molecule has 0 amide bonds. The van der Waals surface area contributed by atoms with E-state index in [2.05, 4.69) is 43.0 Å². The number of benzene rings is 1. The molecular formula is C20H28FNO. The standard InChI is InChI=1S/C20H28FNO/c1-15(2)22(14-17-7-5-4-6-8-17)12-11-20(23)18-9-10-19(21)16(3)13-18/h4-9,13,15,19-20,23H,10-12,14H2,1-3H3. The van der Waals surface area contributed by atoms with E-state index in [1.54, 1.807) is 13.0 Å². The van der Waals surface area contributed by atoms with Crippen molar-refractivity contribution in [3.05, 3.63) is 59.2 Å². The molecule has 1 aliphatic rings. The molecular weight excluding hydrogens is 289 g/mol. The van der Waals surface area contributed by atoms with Gasteiger partial charge in [0.25, 0.3) is 0 Å². The summed E-state index contributed by atoms with van der Waals surface area (Å²) >= 11 is 0. The van der Waals surface area contributed by atoms with Gasteiger partial charge in [-0.15, -0.1) is 0 Å². The molecule has 1 aromatic carbocycles. The fourth-order valence-electron chi connectivity index (χ4n) is 2.86. The van der Waals surface area contributed by atoms with Crippen molar-refractivity contribution >= 4 is 0 Å². The van der Waals surface area contributed by atoms with Gasteiger partial charge in [0.1, 0.15) is 6.17 Å². The minimum absolute atomic E-state index is 0.382. The fraction of sp³-hybridized carbons (Fsp3) is 0.500. The maximum atomic E-state index is 13.5. The van der Waals surface area contributed by atoms with Crippen LogP contribution in [-0.4, -0.2) is 34.9 Å². The first-order chi connectivity index (χ1) is 11.0. The molecule has 3 heteroatoms. The lowest BCUT2D eigenvalue weighted by Crippen LogP contribution is -2.33. The van der Waals surface area contributed by atoms with Crippen molar-refractivity contribution in [3.63, 3.8) is 0 Å². The van der Waals surface area contributed by atoms with Gasteiger partial charge in [-0.05, 0) is 43.9 Å². The minimum atomic E-state index is -0.892. The van der Waals surface area contributed by atoms with Crippen molar-refractivity contribution in [2.45, 2.75) is 58.5 Å². The van der Waals surface area contributed by atoms with E-state index in [-0.39, 0.29) is 0 Å². The van der Waals surface area contributed by atoms with Crippen LogP contribution in [0.1, 0.15) is 39.2 Å². The summed E-state index contributed by atoms with van der Waals surface area (Å²) < 4.78 is 13.5. The number of aliphatic hydroxyl groups excluding tert-OH is 1. The molecule has 2 rings (SSSR count). The van der Waals surface area contributed by atoms with Crippen LogP contribution in [-0.2, 0) is 6.54 Å². The highest BCUT2D eigenvalue weighted by Crippen LogP contribution is 2.23. The molecule has 0 aromatic heterocycles. The molecule has 0 bridgehead atoms. The summed E-state index contributed by atoms with van der Waals surface area (Å²) in [7, 11) is 0. The topological polar surface area (TPSA) is 23.5 Å². The molecule has 2 unspecified atom stereocenters. The van der Waals surface area contributed by atoms with Gasteiger partial charge in [-0.2, -0.15) is 0 Å². The first-order valence-corrected chi connectivity index (χ1v) is 8.45. The number of halogens is 1. The molecule has 0 spiro atoms. The number of nitrogens with zero attached hydrogens (tertiary/aromatic N) is 1. The van der Waals surface area contributed by atoms with Gasteiger partial charge in [0.15, 0.2) is 0 Å². The molecule has 0 radical (unpaired) electrons. The number of allylic oxidation sites excluding steroid dienone is 2. The van der Waals surface area contributed by atoms with Gasteiger partial charge < -0.3 is 5.11 Å². The van der Waals surface area contributed by atoms with Crippen LogP contribution >= 0.6 is 0 Å². The van der Waals surface area contributed by atoms with Gasteiger partial charge >= 0.3 is 0 Å². The smallest absolute Gasteiger partial charge is 0.125 e. The van der Waals surface area contributed by atoms with E-state index in [0.717, 1.165) is 18.7 Å². The number of hydrogen-bond acceptors (Lipinski definition) is 2. The quantitative estimate of drug-likeness (QED) is 0.812. The van der Waals surface area contributed by atoms with Crippen LogP contribution in [0.2, 0.25) is 0 Å². The molecule has 126 valence electrons. The maximum Gasteiger partial charge on any atom is 0.125 e. The normalized spacial score (nSPS) is 19.7. The predicted octanol–water partition coefficient (Wildman–Crippen LogP) is 4.26. The van der Waals surface area contributed by atoms with Crippen LogP contribution in [0.5, 0.6) is 0 Å². The number of hydrogen-bond donors (Lipinski definition) is 1. The Balaban J connectivity index is 1.91. The summed E-state index contributed by atoms with van der Waals surface area (Å²) in [6.07, 6.45) is 3.27. The Morgan fingerprint density at radius 2 is 1.96 bits per heavy atom. The van der Waals surface area contributed by atoms with Gasteiger partial charge in [-0.1, -0.05) is 42.5 Å². The third-order valence-electron chi connectivity index (χ3n) is 4.48. The Hall–Kier alpha value is -1.45. The Morgan fingerprint density at radius 1 is 1.26 bits per heavy atom. The second-order valence-corrected chi connectivity index (χ2v) is 6.65. The van der Waals surface area contributed by atoms with E-state index in [9.17, 15) is 9.50 Å². The van der Waals surface area contributed by atoms with Crippen molar-refractivity contribution in [1.82, 2.24) is 4.90 Å². The van der Waals surface area contributed by atoms with Crippen LogP contribution < -0.4 is 0 Å². The Labute approximate surface area is 139 Å². The highest BCUT2D eigenvalue weighted by atomic mass is 19.1. The van der Waals surface area contributed by atoms with Gasteiger partial charge in [0.05, 0.1) is 6.10 Å². The molecule has 1 aliphatic carbocycles. The zero-order valence-electron chi connectivity index (χ0n) is 14.4. The molecule has 2 atom stereocenters. The summed E-state index contributed by atoms with van der Waals surface area (Å²) in [5.41, 5.74) is 2.86. The van der Waals surface area contributed by atoms with Crippen LogP contribution in [0.4, 0.5) is 4.39 Å². The van der Waals surface area contributed by atoms with E-state index < -0.39 is 12.3 Å². The van der Waals surface area contributed by atoms with Crippen molar-refractivity contribution < 1.29 is 9.50 Å². The predicted molar refractivity (Wildman–Crippen MR) is 94.0 cm³/mol. The molecule has 2 nitrogen and oxygen atoms in total. The lowest BCUT2D eigenvalue weighted by Gasteiger charge is -2.28. The van der Waals surface area contributed by atoms with Crippen molar-refractivity contribution in [2.24, 2.45) is 0 Å². The molecule has 1 aromatic rings. The summed E-state index contributed by atoms with van der Waals surface area (Å²) in [5, 5.41) is 10.4. The monoisotopic (exact) mass is 317 g/mol. The van der Waals surface area contributed by atoms with E-state index >= 15 is 0 Å². The summed E-state index contributed by atoms with van der Waals surface area (Å²) in [5.74, 6) is 0. The van der Waals surface area contributed by atoms with Gasteiger partial charge in [-0.3, -0.25) is 4.90 Å². The number of aliphatic hydroxyl groups is 1. The lowest BCUT2D eigenvalue weighted by molar-refractivity contribution is 0.149. The van der Waals surface area contributed by atoms with Gasteiger partial charge in [-0.25, -0.2) is 4.39 Å². The van der Waals surface area contributed by atoms with Gasteiger partial charge in [0.2, 0.25) is 0 Å². The second-order valence-electron chi connectivity index (χ2n) is 6.65. The van der Waals surface area contributed by atoms with Crippen LogP contribution in [0.25, 0.3) is 0 Å². The van der Waals surface area contributed by atoms with E-state index in [4.69, 9.17) is 0 Å². The summed E-state index contributed by atoms with van der Waals surface area (Å²) in [6.45, 7) is 7.84. The van der Waals surface area contributed by atoms with Crippen LogP contribution in [0, 0.1) is 0 Å².